The number of carbonyl (C=O) groups is 1. The van der Waals surface area contributed by atoms with Crippen molar-refractivity contribution in [2.75, 3.05) is 0 Å². The van der Waals surface area contributed by atoms with Crippen molar-refractivity contribution in [3.63, 3.8) is 0 Å². The summed E-state index contributed by atoms with van der Waals surface area (Å²) >= 11 is 0. The number of rotatable bonds is 2. The third kappa shape index (κ3) is 1.37. The number of ether oxygens (including phenoxy) is 1. The van der Waals surface area contributed by atoms with Gasteiger partial charge in [0.1, 0.15) is 6.10 Å². The van der Waals surface area contributed by atoms with Crippen LogP contribution >= 0.6 is 10.8 Å². The number of fused-ring (bicyclic) bond motifs is 1. The lowest BCUT2D eigenvalue weighted by Crippen LogP contribution is -2.44. The minimum Gasteiger partial charge on any atom is -0.457 e. The monoisotopic (exact) mass is 274 g/mol. The van der Waals surface area contributed by atoms with Gasteiger partial charge in [-0.1, -0.05) is 6.58 Å². The van der Waals surface area contributed by atoms with Gasteiger partial charge in [-0.3, -0.25) is 0 Å². The van der Waals surface area contributed by atoms with Crippen LogP contribution in [-0.2, 0) is 18.4 Å². The van der Waals surface area contributed by atoms with Crippen LogP contribution in [0.4, 0.5) is 0 Å². The van der Waals surface area contributed by atoms with E-state index in [1.165, 1.54) is 0 Å². The van der Waals surface area contributed by atoms with Crippen LogP contribution in [0.2, 0.25) is 0 Å². The molecule has 2 saturated carbocycles. The van der Waals surface area contributed by atoms with E-state index in [1.807, 2.05) is 6.92 Å². The molecule has 2 bridgehead atoms. The Hall–Kier alpha value is -0.490. The zero-order chi connectivity index (χ0) is 12.4. The lowest BCUT2D eigenvalue weighted by Gasteiger charge is -2.33. The molecule has 0 radical (unpaired) electrons. The molecular formula is C11H14O4S2. The fraction of sp³-hybridized carbons (Fsp3) is 0.727. The van der Waals surface area contributed by atoms with Gasteiger partial charge >= 0.3 is 5.97 Å². The Labute approximate surface area is 104 Å². The molecule has 0 spiro atoms. The quantitative estimate of drug-likeness (QED) is 0.432. The van der Waals surface area contributed by atoms with Crippen LogP contribution in [0.5, 0.6) is 0 Å². The Morgan fingerprint density at radius 2 is 2.24 bits per heavy atom. The van der Waals surface area contributed by atoms with Gasteiger partial charge in [-0.15, -0.1) is 0 Å². The maximum atomic E-state index is 12.0. The van der Waals surface area contributed by atoms with Crippen molar-refractivity contribution in [3.8, 4) is 0 Å². The Bertz CT molecular complexity index is 498. The van der Waals surface area contributed by atoms with Gasteiger partial charge in [-0.2, -0.15) is 0 Å². The van der Waals surface area contributed by atoms with Gasteiger partial charge in [-0.05, 0) is 42.4 Å². The highest BCUT2D eigenvalue weighted by Crippen LogP contribution is 2.67. The molecule has 0 amide bonds. The first-order valence-corrected chi connectivity index (χ1v) is 8.54. The summed E-state index contributed by atoms with van der Waals surface area (Å²) in [6.45, 7) is 5.29. The van der Waals surface area contributed by atoms with E-state index in [-0.39, 0.29) is 23.2 Å². The fourth-order valence-electron chi connectivity index (χ4n) is 3.69. The molecule has 6 heteroatoms. The third-order valence-electron chi connectivity index (χ3n) is 4.35. The van der Waals surface area contributed by atoms with Crippen molar-refractivity contribution >= 4 is 25.6 Å². The third-order valence-corrected chi connectivity index (χ3v) is 9.25. The van der Waals surface area contributed by atoms with Crippen LogP contribution in [0.3, 0.4) is 0 Å². The highest BCUT2D eigenvalue weighted by atomic mass is 33.1. The Kier molecular flexibility index (Phi) is 2.24. The van der Waals surface area contributed by atoms with Crippen LogP contribution in [-0.4, -0.2) is 30.5 Å². The smallest absolute Gasteiger partial charge is 0.330 e. The predicted octanol–water partition coefficient (Wildman–Crippen LogP) is 1.33. The lowest BCUT2D eigenvalue weighted by molar-refractivity contribution is -0.146. The molecule has 3 rings (SSSR count). The Morgan fingerprint density at radius 3 is 2.88 bits per heavy atom. The Balaban J connectivity index is 1.96. The van der Waals surface area contributed by atoms with Crippen LogP contribution in [0.1, 0.15) is 19.8 Å². The molecule has 0 N–H and O–H groups in total. The summed E-state index contributed by atoms with van der Waals surface area (Å²) in [6.07, 6.45) is 2.37. The minimum atomic E-state index is -3.07. The fourth-order valence-corrected chi connectivity index (χ4v) is 9.57. The zero-order valence-electron chi connectivity index (χ0n) is 9.46. The maximum absolute atomic E-state index is 12.0. The normalized spacial score (nSPS) is 49.2. The van der Waals surface area contributed by atoms with E-state index in [9.17, 15) is 13.2 Å². The highest BCUT2D eigenvalue weighted by molar-refractivity contribution is 8.73. The molecule has 1 saturated heterocycles. The Morgan fingerprint density at radius 1 is 1.53 bits per heavy atom. The van der Waals surface area contributed by atoms with Gasteiger partial charge < -0.3 is 4.74 Å². The number of hydrogen-bond donors (Lipinski definition) is 0. The van der Waals surface area contributed by atoms with E-state index in [1.54, 1.807) is 0 Å². The second-order valence-electron chi connectivity index (χ2n) is 5.20. The summed E-state index contributed by atoms with van der Waals surface area (Å²) in [6, 6.07) is 0. The second kappa shape index (κ2) is 3.29. The van der Waals surface area contributed by atoms with Crippen molar-refractivity contribution < 1.29 is 17.9 Å². The average Bonchev–Trinajstić information content (AvgIpc) is 2.80. The molecular weight excluding hydrogens is 260 g/mol. The van der Waals surface area contributed by atoms with E-state index < -0.39 is 19.6 Å². The van der Waals surface area contributed by atoms with Crippen molar-refractivity contribution in [2.24, 2.45) is 11.8 Å². The SMILES string of the molecule is C=CC(=O)OC1C2CC3C(C2)S(=O)(=O)SC31C. The van der Waals surface area contributed by atoms with E-state index in [0.29, 0.717) is 6.42 Å². The van der Waals surface area contributed by atoms with Gasteiger partial charge in [0.15, 0.2) is 0 Å². The first kappa shape index (κ1) is 11.6. The van der Waals surface area contributed by atoms with Crippen molar-refractivity contribution in [3.05, 3.63) is 12.7 Å². The molecule has 1 aliphatic heterocycles. The van der Waals surface area contributed by atoms with Gasteiger partial charge in [0.2, 0.25) is 8.87 Å². The van der Waals surface area contributed by atoms with Gasteiger partial charge in [0.25, 0.3) is 0 Å². The topological polar surface area (TPSA) is 60.4 Å². The summed E-state index contributed by atoms with van der Waals surface area (Å²) < 4.78 is 28.9. The molecule has 0 aromatic rings. The first-order valence-electron chi connectivity index (χ1n) is 5.66. The van der Waals surface area contributed by atoms with E-state index in [4.69, 9.17) is 4.74 Å². The molecule has 2 aliphatic carbocycles. The van der Waals surface area contributed by atoms with Gasteiger partial charge in [0, 0.05) is 6.08 Å². The van der Waals surface area contributed by atoms with Crippen molar-refractivity contribution in [1.82, 2.24) is 0 Å². The molecule has 3 fully saturated rings. The molecule has 0 aromatic carbocycles. The number of carbonyl (C=O) groups excluding carboxylic acids is 1. The van der Waals surface area contributed by atoms with Crippen LogP contribution in [0.25, 0.3) is 0 Å². The summed E-state index contributed by atoms with van der Waals surface area (Å²) in [5.41, 5.74) is 0. The van der Waals surface area contributed by atoms with Crippen LogP contribution in [0.15, 0.2) is 12.7 Å². The van der Waals surface area contributed by atoms with Gasteiger partial charge in [0.05, 0.1) is 10.00 Å². The van der Waals surface area contributed by atoms with Gasteiger partial charge in [-0.25, -0.2) is 13.2 Å². The molecule has 17 heavy (non-hydrogen) atoms. The number of esters is 1. The molecule has 5 unspecified atom stereocenters. The minimum absolute atomic E-state index is 0.144. The first-order chi connectivity index (χ1) is 7.88. The second-order valence-corrected chi connectivity index (χ2v) is 9.73. The van der Waals surface area contributed by atoms with E-state index in [0.717, 1.165) is 23.3 Å². The molecule has 4 nitrogen and oxygen atoms in total. The maximum Gasteiger partial charge on any atom is 0.330 e. The standard InChI is InChI=1S/C11H14O4S2/c1-3-9(12)15-10-6-4-7-8(5-6)17(13,14)16-11(7,10)2/h3,6-8,10H,1,4-5H2,2H3. The number of hydrogen-bond acceptors (Lipinski definition) is 5. The molecule has 1 heterocycles. The molecule has 94 valence electrons. The lowest BCUT2D eigenvalue weighted by atomic mass is 9.86. The zero-order valence-corrected chi connectivity index (χ0v) is 11.1. The molecule has 0 aromatic heterocycles. The van der Waals surface area contributed by atoms with Crippen LogP contribution < -0.4 is 0 Å². The summed E-state index contributed by atoms with van der Waals surface area (Å²) in [5, 5.41) is -0.221. The predicted molar refractivity (Wildman–Crippen MR) is 65.0 cm³/mol. The largest absolute Gasteiger partial charge is 0.457 e. The van der Waals surface area contributed by atoms with Crippen LogP contribution in [0, 0.1) is 11.8 Å². The summed E-state index contributed by atoms with van der Waals surface area (Å²) in [4.78, 5) is 11.3. The molecule has 5 atom stereocenters. The average molecular weight is 274 g/mol. The van der Waals surface area contributed by atoms with E-state index in [2.05, 4.69) is 6.58 Å². The van der Waals surface area contributed by atoms with Crippen molar-refractivity contribution in [2.45, 2.75) is 35.9 Å². The summed E-state index contributed by atoms with van der Waals surface area (Å²) in [7, 11) is -2.05. The summed E-state index contributed by atoms with van der Waals surface area (Å²) in [5.74, 6) is -0.112. The molecule has 3 aliphatic rings. The highest BCUT2D eigenvalue weighted by Gasteiger charge is 2.71. The van der Waals surface area contributed by atoms with Crippen molar-refractivity contribution in [1.29, 1.82) is 0 Å². The van der Waals surface area contributed by atoms with E-state index >= 15 is 0 Å².